The molecule has 1 heterocycles. The number of aliphatic imine (C=N–C) groups is 1. The zero-order valence-corrected chi connectivity index (χ0v) is 16.2. The van der Waals surface area contributed by atoms with Gasteiger partial charge in [0, 0.05) is 26.6 Å². The Bertz CT molecular complexity index is 600. The lowest BCUT2D eigenvalue weighted by atomic mass is 10.2. The third-order valence-electron chi connectivity index (χ3n) is 3.12. The van der Waals surface area contributed by atoms with Gasteiger partial charge in [-0.1, -0.05) is 35.5 Å². The number of benzene rings is 1. The number of rotatable bonds is 6. The molecule has 126 valence electrons. The van der Waals surface area contributed by atoms with Crippen LogP contribution in [0.15, 0.2) is 39.8 Å². The average Bonchev–Trinajstić information content (AvgIpc) is 2.93. The van der Waals surface area contributed by atoms with Crippen molar-refractivity contribution in [3.05, 3.63) is 47.6 Å². The zero-order valence-electron chi connectivity index (χ0n) is 13.8. The van der Waals surface area contributed by atoms with E-state index in [0.717, 1.165) is 19.0 Å². The monoisotopic (exact) mass is 429 g/mol. The molecule has 1 aromatic carbocycles. The molecule has 0 unspecified atom stereocenters. The van der Waals surface area contributed by atoms with Crippen molar-refractivity contribution < 1.29 is 4.52 Å². The molecule has 0 bridgehead atoms. The molecule has 6 nitrogen and oxygen atoms in total. The Labute approximate surface area is 154 Å². The van der Waals surface area contributed by atoms with Crippen molar-refractivity contribution >= 4 is 29.9 Å². The van der Waals surface area contributed by atoms with E-state index in [1.165, 1.54) is 5.56 Å². The van der Waals surface area contributed by atoms with Gasteiger partial charge >= 0.3 is 0 Å². The molecular formula is C16H24IN5O. The van der Waals surface area contributed by atoms with Gasteiger partial charge in [0.1, 0.15) is 0 Å². The van der Waals surface area contributed by atoms with E-state index in [-0.39, 0.29) is 24.0 Å². The fourth-order valence-corrected chi connectivity index (χ4v) is 2.10. The number of hydrogen-bond donors (Lipinski definition) is 1. The van der Waals surface area contributed by atoms with Gasteiger partial charge in [0.25, 0.3) is 0 Å². The lowest BCUT2D eigenvalue weighted by molar-refractivity contribution is 0.375. The Morgan fingerprint density at radius 2 is 2.04 bits per heavy atom. The van der Waals surface area contributed by atoms with Crippen LogP contribution in [0.1, 0.15) is 24.2 Å². The number of aromatic nitrogens is 2. The fraction of sp³-hybridized carbons (Fsp3) is 0.438. The van der Waals surface area contributed by atoms with Gasteiger partial charge in [-0.15, -0.1) is 24.0 Å². The molecule has 0 fully saturated rings. The van der Waals surface area contributed by atoms with Crippen LogP contribution in [0.3, 0.4) is 0 Å². The molecule has 23 heavy (non-hydrogen) atoms. The third kappa shape index (κ3) is 6.55. The smallest absolute Gasteiger partial charge is 0.228 e. The molecule has 0 amide bonds. The molecule has 1 aromatic heterocycles. The van der Waals surface area contributed by atoms with Crippen molar-refractivity contribution in [2.45, 2.75) is 26.8 Å². The summed E-state index contributed by atoms with van der Waals surface area (Å²) in [4.78, 5) is 10.9. The number of hydrogen-bond acceptors (Lipinski definition) is 4. The predicted molar refractivity (Wildman–Crippen MR) is 102 cm³/mol. The predicted octanol–water partition coefficient (Wildman–Crippen LogP) is 2.64. The normalized spacial score (nSPS) is 11.0. The summed E-state index contributed by atoms with van der Waals surface area (Å²) in [6.07, 6.45) is 0.648. The molecule has 0 saturated heterocycles. The maximum atomic E-state index is 5.10. The standard InChI is InChI=1S/C16H23N5O.HI/c1-4-17-16(18-11-10-15-19-13(2)20-22-15)21(3)12-14-8-6-5-7-9-14;/h5-9H,4,10-12H2,1-3H3,(H,17,18);1H. The summed E-state index contributed by atoms with van der Waals surface area (Å²) < 4.78 is 5.10. The summed E-state index contributed by atoms with van der Waals surface area (Å²) in [5, 5.41) is 7.08. The number of halogens is 1. The SMILES string of the molecule is CCNC(=NCCc1nc(C)no1)N(C)Cc1ccccc1.I. The maximum absolute atomic E-state index is 5.10. The fourth-order valence-electron chi connectivity index (χ4n) is 2.10. The van der Waals surface area contributed by atoms with E-state index in [1.807, 2.05) is 32.2 Å². The molecule has 2 aromatic rings. The van der Waals surface area contributed by atoms with Crippen LogP contribution in [-0.2, 0) is 13.0 Å². The van der Waals surface area contributed by atoms with E-state index in [0.29, 0.717) is 24.7 Å². The number of guanidine groups is 1. The maximum Gasteiger partial charge on any atom is 0.228 e. The van der Waals surface area contributed by atoms with Gasteiger partial charge in [-0.25, -0.2) is 0 Å². The number of nitrogens with one attached hydrogen (secondary N) is 1. The molecular weight excluding hydrogens is 405 g/mol. The van der Waals surface area contributed by atoms with E-state index in [9.17, 15) is 0 Å². The minimum Gasteiger partial charge on any atom is -0.357 e. The quantitative estimate of drug-likeness (QED) is 0.435. The van der Waals surface area contributed by atoms with Gasteiger partial charge in [0.05, 0.1) is 6.54 Å². The van der Waals surface area contributed by atoms with Crippen LogP contribution < -0.4 is 5.32 Å². The molecule has 0 aliphatic rings. The van der Waals surface area contributed by atoms with Crippen LogP contribution in [0.4, 0.5) is 0 Å². The van der Waals surface area contributed by atoms with Gasteiger partial charge in [-0.05, 0) is 19.4 Å². The second kappa shape index (κ2) is 10.2. The van der Waals surface area contributed by atoms with Gasteiger partial charge in [0.15, 0.2) is 11.8 Å². The topological polar surface area (TPSA) is 66.5 Å². The minimum atomic E-state index is 0. The lowest BCUT2D eigenvalue weighted by Crippen LogP contribution is -2.38. The van der Waals surface area contributed by atoms with Crippen molar-refractivity contribution in [3.8, 4) is 0 Å². The van der Waals surface area contributed by atoms with Gasteiger partial charge in [-0.3, -0.25) is 4.99 Å². The summed E-state index contributed by atoms with van der Waals surface area (Å²) in [6.45, 7) is 6.13. The lowest BCUT2D eigenvalue weighted by Gasteiger charge is -2.22. The highest BCUT2D eigenvalue weighted by molar-refractivity contribution is 14.0. The molecule has 0 radical (unpaired) electrons. The molecule has 0 saturated carbocycles. The highest BCUT2D eigenvalue weighted by atomic mass is 127. The first-order valence-electron chi connectivity index (χ1n) is 7.51. The van der Waals surface area contributed by atoms with Crippen molar-refractivity contribution in [2.75, 3.05) is 20.1 Å². The van der Waals surface area contributed by atoms with Crippen molar-refractivity contribution in [1.29, 1.82) is 0 Å². The Morgan fingerprint density at radius 3 is 2.65 bits per heavy atom. The van der Waals surface area contributed by atoms with E-state index >= 15 is 0 Å². The largest absolute Gasteiger partial charge is 0.357 e. The van der Waals surface area contributed by atoms with Crippen LogP contribution in [0, 0.1) is 6.92 Å². The highest BCUT2D eigenvalue weighted by Crippen LogP contribution is 2.03. The molecule has 0 spiro atoms. The van der Waals surface area contributed by atoms with Gasteiger partial charge in [0.2, 0.25) is 5.89 Å². The van der Waals surface area contributed by atoms with E-state index in [4.69, 9.17) is 4.52 Å². The van der Waals surface area contributed by atoms with Crippen LogP contribution >= 0.6 is 24.0 Å². The summed E-state index contributed by atoms with van der Waals surface area (Å²) in [7, 11) is 2.03. The summed E-state index contributed by atoms with van der Waals surface area (Å²) >= 11 is 0. The van der Waals surface area contributed by atoms with E-state index < -0.39 is 0 Å². The average molecular weight is 429 g/mol. The Morgan fingerprint density at radius 1 is 1.30 bits per heavy atom. The Kier molecular flexibility index (Phi) is 8.60. The summed E-state index contributed by atoms with van der Waals surface area (Å²) in [5.41, 5.74) is 1.25. The van der Waals surface area contributed by atoms with E-state index in [1.54, 1.807) is 0 Å². The van der Waals surface area contributed by atoms with Gasteiger partial charge in [-0.2, -0.15) is 4.98 Å². The van der Waals surface area contributed by atoms with Crippen LogP contribution in [0.25, 0.3) is 0 Å². The number of aryl methyl sites for hydroxylation is 1. The van der Waals surface area contributed by atoms with E-state index in [2.05, 4.69) is 44.4 Å². The summed E-state index contributed by atoms with van der Waals surface area (Å²) in [5.74, 6) is 2.16. The summed E-state index contributed by atoms with van der Waals surface area (Å²) in [6, 6.07) is 10.3. The Balaban J connectivity index is 0.00000264. The third-order valence-corrected chi connectivity index (χ3v) is 3.12. The first-order valence-corrected chi connectivity index (χ1v) is 7.51. The second-order valence-electron chi connectivity index (χ2n) is 5.06. The molecule has 7 heteroatoms. The molecule has 0 atom stereocenters. The zero-order chi connectivity index (χ0) is 15.8. The van der Waals surface area contributed by atoms with Crippen LogP contribution in [0.5, 0.6) is 0 Å². The Hall–Kier alpha value is -1.64. The van der Waals surface area contributed by atoms with Crippen LogP contribution in [0.2, 0.25) is 0 Å². The minimum absolute atomic E-state index is 0. The van der Waals surface area contributed by atoms with Crippen molar-refractivity contribution in [2.24, 2.45) is 4.99 Å². The van der Waals surface area contributed by atoms with Gasteiger partial charge < -0.3 is 14.7 Å². The number of nitrogens with zero attached hydrogens (tertiary/aromatic N) is 4. The highest BCUT2D eigenvalue weighted by Gasteiger charge is 2.07. The van der Waals surface area contributed by atoms with Crippen molar-refractivity contribution in [1.82, 2.24) is 20.4 Å². The molecule has 2 rings (SSSR count). The first kappa shape index (κ1) is 19.4. The molecule has 0 aliphatic carbocycles. The molecule has 0 aliphatic heterocycles. The van der Waals surface area contributed by atoms with Crippen molar-refractivity contribution in [3.63, 3.8) is 0 Å². The van der Waals surface area contributed by atoms with Crippen LogP contribution in [-0.4, -0.2) is 41.1 Å². The second-order valence-corrected chi connectivity index (χ2v) is 5.06. The molecule has 1 N–H and O–H groups in total. The first-order chi connectivity index (χ1) is 10.7.